The topological polar surface area (TPSA) is 110 Å². The van der Waals surface area contributed by atoms with Crippen LogP contribution in [-0.2, 0) is 20.0 Å². The fourth-order valence-corrected chi connectivity index (χ4v) is 3.97. The molecule has 1 rings (SSSR count). The predicted molar refractivity (Wildman–Crippen MR) is 83.5 cm³/mol. The van der Waals surface area contributed by atoms with Gasteiger partial charge in [-0.05, 0) is 12.1 Å². The van der Waals surface area contributed by atoms with Gasteiger partial charge in [0.05, 0.1) is 21.5 Å². The summed E-state index contributed by atoms with van der Waals surface area (Å²) in [4.78, 5) is -0.256. The molecule has 7 nitrogen and oxygen atoms in total. The summed E-state index contributed by atoms with van der Waals surface area (Å²) in [6, 6.07) is 2.50. The first-order valence-electron chi connectivity index (χ1n) is 5.62. The zero-order valence-electron chi connectivity index (χ0n) is 11.3. The quantitative estimate of drug-likeness (QED) is 0.712. The van der Waals surface area contributed by atoms with Gasteiger partial charge in [0.1, 0.15) is 4.90 Å². The molecule has 0 atom stereocenters. The van der Waals surface area contributed by atoms with Crippen LogP contribution in [0.5, 0.6) is 0 Å². The highest BCUT2D eigenvalue weighted by molar-refractivity contribution is 7.90. The zero-order valence-corrected chi connectivity index (χ0v) is 14.4. The number of hydrogen-bond acceptors (Lipinski definition) is 5. The third-order valence-electron chi connectivity index (χ3n) is 2.59. The molecule has 0 bridgehead atoms. The van der Waals surface area contributed by atoms with E-state index < -0.39 is 20.0 Å². The van der Waals surface area contributed by atoms with Crippen molar-refractivity contribution in [3.05, 3.63) is 22.2 Å². The molecule has 3 N–H and O–H groups in total. The highest BCUT2D eigenvalue weighted by atomic mass is 35.5. The Morgan fingerprint density at radius 2 is 1.76 bits per heavy atom. The van der Waals surface area contributed by atoms with Gasteiger partial charge in [0.25, 0.3) is 0 Å². The van der Waals surface area contributed by atoms with Crippen molar-refractivity contribution in [2.24, 2.45) is 0 Å². The number of hydrogen-bond donors (Lipinski definition) is 2. The predicted octanol–water partition coefficient (Wildman–Crippen LogP) is 0.745. The van der Waals surface area contributed by atoms with Crippen LogP contribution in [0.25, 0.3) is 0 Å². The Kier molecular flexibility index (Phi) is 5.87. The molecule has 0 unspecified atom stereocenters. The second-order valence-electron chi connectivity index (χ2n) is 4.27. The summed E-state index contributed by atoms with van der Waals surface area (Å²) < 4.78 is 50.4. The highest BCUT2D eigenvalue weighted by Crippen LogP contribution is 2.32. The maximum absolute atomic E-state index is 12.1. The molecule has 0 aliphatic rings. The Bertz CT molecular complexity index is 733. The monoisotopic (exact) mass is 375 g/mol. The number of nitrogens with zero attached hydrogens (tertiary/aromatic N) is 1. The van der Waals surface area contributed by atoms with Crippen LogP contribution < -0.4 is 10.5 Å². The number of benzene rings is 1. The first kappa shape index (κ1) is 18.5. The van der Waals surface area contributed by atoms with Gasteiger partial charge >= 0.3 is 0 Å². The van der Waals surface area contributed by atoms with E-state index in [4.69, 9.17) is 28.9 Å². The Balaban J connectivity index is 2.92. The van der Waals surface area contributed by atoms with Gasteiger partial charge in [-0.15, -0.1) is 0 Å². The van der Waals surface area contributed by atoms with E-state index in [2.05, 4.69) is 4.72 Å². The number of anilines is 1. The Morgan fingerprint density at radius 3 is 2.29 bits per heavy atom. The van der Waals surface area contributed by atoms with E-state index in [1.807, 2.05) is 0 Å². The smallest absolute Gasteiger partial charge is 0.242 e. The molecule has 0 heterocycles. The molecule has 0 spiro atoms. The third kappa shape index (κ3) is 4.44. The number of nitrogens with two attached hydrogens (primary N) is 1. The van der Waals surface area contributed by atoms with Gasteiger partial charge in [0, 0.05) is 20.6 Å². The molecule has 1 aromatic carbocycles. The number of nitrogens with one attached hydrogen (secondary N) is 1. The summed E-state index contributed by atoms with van der Waals surface area (Å²) in [6.07, 6.45) is 0. The largest absolute Gasteiger partial charge is 0.396 e. The number of nitrogen functional groups attached to an aromatic ring is 1. The van der Waals surface area contributed by atoms with E-state index in [9.17, 15) is 16.8 Å². The molecule has 0 aromatic heterocycles. The van der Waals surface area contributed by atoms with Crippen LogP contribution in [0.2, 0.25) is 10.0 Å². The van der Waals surface area contributed by atoms with Gasteiger partial charge in [0.2, 0.25) is 20.0 Å². The van der Waals surface area contributed by atoms with Crippen LogP contribution in [-0.4, -0.2) is 47.5 Å². The maximum atomic E-state index is 12.1. The van der Waals surface area contributed by atoms with Crippen molar-refractivity contribution >= 4 is 48.9 Å². The van der Waals surface area contributed by atoms with Gasteiger partial charge in [-0.25, -0.2) is 25.9 Å². The Labute approximate surface area is 134 Å². The van der Waals surface area contributed by atoms with Crippen LogP contribution in [0, 0.1) is 0 Å². The van der Waals surface area contributed by atoms with E-state index in [0.29, 0.717) is 0 Å². The third-order valence-corrected chi connectivity index (χ3v) is 6.77. The first-order valence-corrected chi connectivity index (χ1v) is 9.47. The summed E-state index contributed by atoms with van der Waals surface area (Å²) in [5.41, 5.74) is 5.50. The SMILES string of the molecule is CN(C)S(=O)(=O)CCNS(=O)(=O)c1ccc(Cl)c(N)c1Cl. The summed E-state index contributed by atoms with van der Waals surface area (Å²) in [5, 5.41) is -0.0698. The molecule has 0 saturated heterocycles. The Hall–Kier alpha value is -0.580. The molecule has 11 heteroatoms. The van der Waals surface area contributed by atoms with Crippen LogP contribution in [0.4, 0.5) is 5.69 Å². The molecule has 0 saturated carbocycles. The van der Waals surface area contributed by atoms with Crippen molar-refractivity contribution in [2.45, 2.75) is 4.90 Å². The van der Waals surface area contributed by atoms with E-state index in [1.165, 1.54) is 26.2 Å². The molecular formula is C10H15Cl2N3O4S2. The van der Waals surface area contributed by atoms with E-state index in [-0.39, 0.29) is 32.9 Å². The lowest BCUT2D eigenvalue weighted by Gasteiger charge is -2.13. The molecule has 1 aromatic rings. The summed E-state index contributed by atoms with van der Waals surface area (Å²) in [5.74, 6) is -0.375. The molecule has 0 aliphatic heterocycles. The lowest BCUT2D eigenvalue weighted by atomic mass is 10.3. The van der Waals surface area contributed by atoms with Gasteiger partial charge in [-0.3, -0.25) is 0 Å². The van der Waals surface area contributed by atoms with Crippen molar-refractivity contribution in [3.63, 3.8) is 0 Å². The standard InChI is InChI=1S/C10H15Cl2N3O4S2/c1-15(2)20(16,17)6-5-14-21(18,19)8-4-3-7(11)10(13)9(8)12/h3-4,14H,5-6,13H2,1-2H3. The van der Waals surface area contributed by atoms with Crippen molar-refractivity contribution in [1.29, 1.82) is 0 Å². The Morgan fingerprint density at radius 1 is 1.19 bits per heavy atom. The van der Waals surface area contributed by atoms with Crippen LogP contribution in [0.3, 0.4) is 0 Å². The molecule has 0 fully saturated rings. The minimum Gasteiger partial charge on any atom is -0.396 e. The lowest BCUT2D eigenvalue weighted by molar-refractivity contribution is 0.519. The molecular weight excluding hydrogens is 361 g/mol. The van der Waals surface area contributed by atoms with Gasteiger partial charge < -0.3 is 5.73 Å². The fourth-order valence-electron chi connectivity index (χ4n) is 1.32. The minimum absolute atomic E-state index is 0.0536. The molecule has 0 radical (unpaired) electrons. The van der Waals surface area contributed by atoms with E-state index in [0.717, 1.165) is 4.31 Å². The van der Waals surface area contributed by atoms with Crippen molar-refractivity contribution in [3.8, 4) is 0 Å². The lowest BCUT2D eigenvalue weighted by Crippen LogP contribution is -2.34. The summed E-state index contributed by atoms with van der Waals surface area (Å²) in [7, 11) is -4.76. The van der Waals surface area contributed by atoms with Gasteiger partial charge in [-0.1, -0.05) is 23.2 Å². The normalized spacial score (nSPS) is 12.8. The number of rotatable bonds is 6. The van der Waals surface area contributed by atoms with Crippen LogP contribution in [0.15, 0.2) is 17.0 Å². The van der Waals surface area contributed by atoms with Crippen LogP contribution in [0.1, 0.15) is 0 Å². The van der Waals surface area contributed by atoms with Crippen molar-refractivity contribution in [1.82, 2.24) is 9.03 Å². The van der Waals surface area contributed by atoms with Gasteiger partial charge in [-0.2, -0.15) is 0 Å². The van der Waals surface area contributed by atoms with Gasteiger partial charge in [0.15, 0.2) is 0 Å². The minimum atomic E-state index is -3.98. The number of halogens is 2. The van der Waals surface area contributed by atoms with Crippen molar-refractivity contribution < 1.29 is 16.8 Å². The van der Waals surface area contributed by atoms with E-state index >= 15 is 0 Å². The van der Waals surface area contributed by atoms with E-state index in [1.54, 1.807) is 0 Å². The second kappa shape index (κ2) is 6.67. The number of sulfonamides is 2. The summed E-state index contributed by atoms with van der Waals surface area (Å²) >= 11 is 11.6. The maximum Gasteiger partial charge on any atom is 0.242 e. The summed E-state index contributed by atoms with van der Waals surface area (Å²) in [6.45, 7) is -0.290. The second-order valence-corrected chi connectivity index (χ2v) is 9.09. The van der Waals surface area contributed by atoms with Crippen LogP contribution >= 0.6 is 23.2 Å². The molecule has 120 valence electrons. The molecule has 0 amide bonds. The molecule has 0 aliphatic carbocycles. The highest BCUT2D eigenvalue weighted by Gasteiger charge is 2.22. The molecule has 21 heavy (non-hydrogen) atoms. The zero-order chi connectivity index (χ0) is 16.4. The fraction of sp³-hybridized carbons (Fsp3) is 0.400. The average molecular weight is 376 g/mol. The average Bonchev–Trinajstić information content (AvgIpc) is 2.35. The first-order chi connectivity index (χ1) is 9.49. The van der Waals surface area contributed by atoms with Crippen molar-refractivity contribution in [2.75, 3.05) is 32.1 Å².